The molecule has 7 heteroatoms. The fourth-order valence-corrected chi connectivity index (χ4v) is 4.49. The fraction of sp³-hybridized carbons (Fsp3) is 0.208. The number of fused-ring (bicyclic) bond motifs is 1. The van der Waals surface area contributed by atoms with Gasteiger partial charge in [-0.2, -0.15) is 0 Å². The van der Waals surface area contributed by atoms with Crippen LogP contribution in [-0.4, -0.2) is 18.0 Å². The van der Waals surface area contributed by atoms with Gasteiger partial charge in [-0.05, 0) is 48.9 Å². The third kappa shape index (κ3) is 3.04. The minimum absolute atomic E-state index is 0.133. The molecule has 1 aromatic heterocycles. The largest absolute Gasteiger partial charge is 0.472 e. The van der Waals surface area contributed by atoms with Crippen LogP contribution in [0.25, 0.3) is 0 Å². The number of furan rings is 1. The van der Waals surface area contributed by atoms with E-state index in [4.69, 9.17) is 41.8 Å². The molecule has 3 heterocycles. The lowest BCUT2D eigenvalue weighted by molar-refractivity contribution is -0.279. The molecule has 158 valence electrons. The molecule has 2 unspecified atom stereocenters. The van der Waals surface area contributed by atoms with Crippen molar-refractivity contribution in [2.45, 2.75) is 24.9 Å². The van der Waals surface area contributed by atoms with Crippen LogP contribution in [0.3, 0.4) is 0 Å². The SMILES string of the molecule is CC1=CCOC12C(=O)c1cc(Cl)ccc1OC2(OCc1ccoc1)c1ccc(Cl)cc1. The number of ketones is 1. The molecule has 1 spiro atoms. The molecule has 0 fully saturated rings. The predicted molar refractivity (Wildman–Crippen MR) is 115 cm³/mol. The first-order valence-corrected chi connectivity index (χ1v) is 10.5. The number of rotatable bonds is 4. The van der Waals surface area contributed by atoms with E-state index in [2.05, 4.69) is 0 Å². The van der Waals surface area contributed by atoms with Gasteiger partial charge >= 0.3 is 0 Å². The van der Waals surface area contributed by atoms with Crippen molar-refractivity contribution < 1.29 is 23.4 Å². The molecule has 2 atom stereocenters. The van der Waals surface area contributed by atoms with E-state index < -0.39 is 11.4 Å². The highest BCUT2D eigenvalue weighted by Gasteiger charge is 2.67. The van der Waals surface area contributed by atoms with Crippen molar-refractivity contribution in [1.29, 1.82) is 0 Å². The minimum Gasteiger partial charge on any atom is -0.472 e. The molecule has 0 aliphatic carbocycles. The zero-order valence-electron chi connectivity index (χ0n) is 16.6. The maximum absolute atomic E-state index is 14.0. The highest BCUT2D eigenvalue weighted by Crippen LogP contribution is 2.54. The van der Waals surface area contributed by atoms with Crippen molar-refractivity contribution in [2.24, 2.45) is 0 Å². The molecule has 0 amide bonds. The van der Waals surface area contributed by atoms with Gasteiger partial charge < -0.3 is 18.6 Å². The number of ether oxygens (including phenoxy) is 3. The standard InChI is InChI=1S/C24H18Cl2O5/c1-15-8-11-29-23(15)22(27)20-12-19(26)6-7-21(20)31-24(23,17-2-4-18(25)5-3-17)30-14-16-9-10-28-13-16/h2-10,12-13H,11,14H2,1H3. The quantitative estimate of drug-likeness (QED) is 0.454. The molecular weight excluding hydrogens is 439 g/mol. The van der Waals surface area contributed by atoms with Gasteiger partial charge in [-0.25, -0.2) is 0 Å². The Labute approximate surface area is 189 Å². The fourth-order valence-electron chi connectivity index (χ4n) is 4.19. The van der Waals surface area contributed by atoms with Crippen LogP contribution >= 0.6 is 23.2 Å². The number of halogens is 2. The highest BCUT2D eigenvalue weighted by molar-refractivity contribution is 6.31. The summed E-state index contributed by atoms with van der Waals surface area (Å²) in [7, 11) is 0. The zero-order valence-corrected chi connectivity index (χ0v) is 18.1. The van der Waals surface area contributed by atoms with Crippen molar-refractivity contribution in [3.63, 3.8) is 0 Å². The van der Waals surface area contributed by atoms with E-state index in [1.165, 1.54) is 0 Å². The Morgan fingerprint density at radius 1 is 1.06 bits per heavy atom. The third-order valence-corrected chi connectivity index (χ3v) is 6.20. The molecule has 2 aliphatic rings. The van der Waals surface area contributed by atoms with E-state index in [0.717, 1.165) is 5.56 Å². The Balaban J connectivity index is 1.75. The lowest BCUT2D eigenvalue weighted by Crippen LogP contribution is -2.64. The van der Waals surface area contributed by atoms with Crippen LogP contribution in [0.5, 0.6) is 5.75 Å². The topological polar surface area (TPSA) is 57.9 Å². The van der Waals surface area contributed by atoms with Crippen molar-refractivity contribution in [2.75, 3.05) is 6.61 Å². The van der Waals surface area contributed by atoms with Gasteiger partial charge in [0.2, 0.25) is 11.4 Å². The smallest absolute Gasteiger partial charge is 0.278 e. The van der Waals surface area contributed by atoms with Crippen LogP contribution < -0.4 is 4.74 Å². The average Bonchev–Trinajstić information content (AvgIpc) is 3.42. The average molecular weight is 457 g/mol. The Morgan fingerprint density at radius 3 is 2.52 bits per heavy atom. The second-order valence-electron chi connectivity index (χ2n) is 7.49. The molecule has 2 aromatic carbocycles. The van der Waals surface area contributed by atoms with Crippen LogP contribution in [0.1, 0.15) is 28.4 Å². The van der Waals surface area contributed by atoms with Crippen LogP contribution in [0.4, 0.5) is 0 Å². The monoisotopic (exact) mass is 456 g/mol. The molecule has 0 N–H and O–H groups in total. The molecule has 2 aliphatic heterocycles. The summed E-state index contributed by atoms with van der Waals surface area (Å²) in [6.45, 7) is 2.23. The first-order valence-electron chi connectivity index (χ1n) is 9.72. The van der Waals surface area contributed by atoms with Gasteiger partial charge in [0.15, 0.2) is 0 Å². The van der Waals surface area contributed by atoms with Gasteiger partial charge in [-0.15, -0.1) is 0 Å². The van der Waals surface area contributed by atoms with E-state index in [1.807, 2.05) is 13.0 Å². The first kappa shape index (κ1) is 20.3. The van der Waals surface area contributed by atoms with E-state index in [9.17, 15) is 4.79 Å². The Morgan fingerprint density at radius 2 is 1.84 bits per heavy atom. The number of carbonyl (C=O) groups is 1. The van der Waals surface area contributed by atoms with Crippen molar-refractivity contribution >= 4 is 29.0 Å². The lowest BCUT2D eigenvalue weighted by atomic mass is 9.74. The van der Waals surface area contributed by atoms with Crippen LogP contribution in [0, 0.1) is 0 Å². The van der Waals surface area contributed by atoms with Gasteiger partial charge in [-0.1, -0.05) is 41.4 Å². The minimum atomic E-state index is -1.59. The number of hydrogen-bond donors (Lipinski definition) is 0. The van der Waals surface area contributed by atoms with E-state index in [-0.39, 0.29) is 19.0 Å². The van der Waals surface area contributed by atoms with Crippen LogP contribution in [0.2, 0.25) is 10.0 Å². The Hall–Kier alpha value is -2.57. The molecule has 0 saturated carbocycles. The number of Topliss-reactive ketones (excluding diaryl/α,β-unsaturated/α-hetero) is 1. The third-order valence-electron chi connectivity index (χ3n) is 5.71. The molecule has 31 heavy (non-hydrogen) atoms. The van der Waals surface area contributed by atoms with Gasteiger partial charge in [0.1, 0.15) is 5.75 Å². The second-order valence-corrected chi connectivity index (χ2v) is 8.37. The van der Waals surface area contributed by atoms with Crippen molar-refractivity contribution in [1.82, 2.24) is 0 Å². The van der Waals surface area contributed by atoms with Gasteiger partial charge in [0.05, 0.1) is 31.3 Å². The lowest BCUT2D eigenvalue weighted by Gasteiger charge is -2.49. The summed E-state index contributed by atoms with van der Waals surface area (Å²) in [4.78, 5) is 14.0. The zero-order chi connectivity index (χ0) is 21.6. The molecule has 0 bridgehead atoms. The van der Waals surface area contributed by atoms with Gasteiger partial charge in [0, 0.05) is 21.2 Å². The summed E-state index contributed by atoms with van der Waals surface area (Å²) < 4.78 is 24.4. The maximum Gasteiger partial charge on any atom is 0.278 e. The molecule has 0 radical (unpaired) electrons. The number of benzene rings is 2. The second kappa shape index (κ2) is 7.53. The molecule has 3 aromatic rings. The molecule has 5 rings (SSSR count). The summed E-state index contributed by atoms with van der Waals surface area (Å²) in [5, 5.41) is 0.987. The summed E-state index contributed by atoms with van der Waals surface area (Å²) in [5.41, 5.74) is 0.913. The molecule has 0 saturated heterocycles. The Bertz CT molecular complexity index is 1170. The van der Waals surface area contributed by atoms with Gasteiger partial charge in [0.25, 0.3) is 5.79 Å². The van der Waals surface area contributed by atoms with Gasteiger partial charge in [-0.3, -0.25) is 4.79 Å². The number of carbonyl (C=O) groups excluding carboxylic acids is 1. The van der Waals surface area contributed by atoms with Crippen molar-refractivity contribution in [3.05, 3.63) is 99.4 Å². The first-order chi connectivity index (χ1) is 15.0. The summed E-state index contributed by atoms with van der Waals surface area (Å²) >= 11 is 12.3. The summed E-state index contributed by atoms with van der Waals surface area (Å²) in [5.74, 6) is -1.50. The normalized spacial score (nSPS) is 24.7. The highest BCUT2D eigenvalue weighted by atomic mass is 35.5. The Kier molecular flexibility index (Phi) is 4.94. The van der Waals surface area contributed by atoms with Crippen LogP contribution in [-0.2, 0) is 21.9 Å². The van der Waals surface area contributed by atoms with E-state index in [0.29, 0.717) is 32.5 Å². The summed E-state index contributed by atoms with van der Waals surface area (Å²) in [6, 6.07) is 13.7. The molecule has 5 nitrogen and oxygen atoms in total. The predicted octanol–water partition coefficient (Wildman–Crippen LogP) is 5.95. The van der Waals surface area contributed by atoms with Crippen LogP contribution in [0.15, 0.2) is 77.1 Å². The van der Waals surface area contributed by atoms with E-state index >= 15 is 0 Å². The molecular formula is C24H18Cl2O5. The van der Waals surface area contributed by atoms with Crippen molar-refractivity contribution in [3.8, 4) is 5.75 Å². The van der Waals surface area contributed by atoms with E-state index in [1.54, 1.807) is 61.1 Å². The number of hydrogen-bond acceptors (Lipinski definition) is 5. The maximum atomic E-state index is 14.0. The summed E-state index contributed by atoms with van der Waals surface area (Å²) in [6.07, 6.45) is 5.01.